The molecule has 1 saturated heterocycles. The molecule has 1 heterocycles. The molecule has 0 unspecified atom stereocenters. The number of ether oxygens (including phenoxy) is 1. The minimum atomic E-state index is 0. The Hall–Kier alpha value is -1.26. The van der Waals surface area contributed by atoms with E-state index in [0.717, 1.165) is 30.7 Å². The van der Waals surface area contributed by atoms with Crippen LogP contribution in [0.3, 0.4) is 0 Å². The molecule has 1 aliphatic heterocycles. The summed E-state index contributed by atoms with van der Waals surface area (Å²) in [6.45, 7) is 3.67. The van der Waals surface area contributed by atoms with Gasteiger partial charge in [-0.05, 0) is 32.4 Å². The van der Waals surface area contributed by atoms with Crippen molar-refractivity contribution in [3.05, 3.63) is 29.8 Å². The molecule has 0 aromatic heterocycles. The third-order valence-corrected chi connectivity index (χ3v) is 3.95. The van der Waals surface area contributed by atoms with Gasteiger partial charge < -0.3 is 15.0 Å². The molecule has 1 aromatic carbocycles. The molecule has 0 aliphatic carbocycles. The number of rotatable bonds is 4. The van der Waals surface area contributed by atoms with Crippen molar-refractivity contribution < 1.29 is 9.53 Å². The van der Waals surface area contributed by atoms with Gasteiger partial charge in [0.25, 0.3) is 0 Å². The van der Waals surface area contributed by atoms with Crippen molar-refractivity contribution in [1.82, 2.24) is 10.2 Å². The zero-order valence-corrected chi connectivity index (χ0v) is 13.8. The van der Waals surface area contributed by atoms with Gasteiger partial charge in [-0.2, -0.15) is 0 Å². The van der Waals surface area contributed by atoms with Gasteiger partial charge in [-0.15, -0.1) is 12.4 Å². The van der Waals surface area contributed by atoms with Crippen molar-refractivity contribution in [2.24, 2.45) is 5.92 Å². The average molecular weight is 313 g/mol. The van der Waals surface area contributed by atoms with Crippen LogP contribution in [0.1, 0.15) is 25.3 Å². The summed E-state index contributed by atoms with van der Waals surface area (Å²) >= 11 is 0. The maximum atomic E-state index is 12.5. The number of methoxy groups -OCH3 is 1. The molecule has 2 rings (SSSR count). The molecule has 1 fully saturated rings. The predicted octanol–water partition coefficient (Wildman–Crippen LogP) is 2.46. The van der Waals surface area contributed by atoms with Crippen LogP contribution >= 0.6 is 12.4 Å². The topological polar surface area (TPSA) is 41.6 Å². The summed E-state index contributed by atoms with van der Waals surface area (Å²) in [5.74, 6) is 1.22. The number of piperidine rings is 1. The van der Waals surface area contributed by atoms with Crippen molar-refractivity contribution in [2.45, 2.75) is 32.4 Å². The molecule has 1 aliphatic rings. The molecule has 0 saturated carbocycles. The van der Waals surface area contributed by atoms with Crippen molar-refractivity contribution >= 4 is 18.3 Å². The first-order valence-corrected chi connectivity index (χ1v) is 7.22. The number of nitrogens with one attached hydrogen (secondary N) is 1. The van der Waals surface area contributed by atoms with Crippen LogP contribution in [0.25, 0.3) is 0 Å². The predicted molar refractivity (Wildman–Crippen MR) is 86.9 cm³/mol. The minimum absolute atomic E-state index is 0. The summed E-state index contributed by atoms with van der Waals surface area (Å²) < 4.78 is 5.34. The van der Waals surface area contributed by atoms with Gasteiger partial charge in [0.15, 0.2) is 0 Å². The van der Waals surface area contributed by atoms with Crippen LogP contribution < -0.4 is 10.1 Å². The van der Waals surface area contributed by atoms with Gasteiger partial charge in [-0.1, -0.05) is 18.2 Å². The molecule has 1 aromatic rings. The number of hydrogen-bond acceptors (Lipinski definition) is 3. The van der Waals surface area contributed by atoms with Crippen molar-refractivity contribution in [2.75, 3.05) is 20.7 Å². The standard InChI is InChI=1S/C16H24N2O2.ClH/c1-12-10-13(8-9-17-12)16(19)18(2)11-14-6-4-5-7-15(14)20-3;/h4-7,12-13,17H,8-11H2,1-3H3;1H/t12-,13-;/m0./s1. The Kier molecular flexibility index (Phi) is 6.99. The van der Waals surface area contributed by atoms with Gasteiger partial charge in [-0.3, -0.25) is 4.79 Å². The van der Waals surface area contributed by atoms with Gasteiger partial charge >= 0.3 is 0 Å². The molecule has 0 radical (unpaired) electrons. The van der Waals surface area contributed by atoms with Crippen LogP contribution in [0.15, 0.2) is 24.3 Å². The lowest BCUT2D eigenvalue weighted by Crippen LogP contribution is -2.42. The normalized spacial score (nSPS) is 21.3. The molecule has 118 valence electrons. The smallest absolute Gasteiger partial charge is 0.225 e. The van der Waals surface area contributed by atoms with E-state index in [2.05, 4.69) is 12.2 Å². The van der Waals surface area contributed by atoms with Crippen LogP contribution in [0.4, 0.5) is 0 Å². The monoisotopic (exact) mass is 312 g/mol. The highest BCUT2D eigenvalue weighted by Crippen LogP contribution is 2.22. The number of benzene rings is 1. The molecule has 5 heteroatoms. The highest BCUT2D eigenvalue weighted by Gasteiger charge is 2.27. The Labute approximate surface area is 133 Å². The third kappa shape index (κ3) is 4.61. The largest absolute Gasteiger partial charge is 0.496 e. The van der Waals surface area contributed by atoms with E-state index in [4.69, 9.17) is 4.74 Å². The summed E-state index contributed by atoms with van der Waals surface area (Å²) in [5.41, 5.74) is 1.05. The Morgan fingerprint density at radius 2 is 2.14 bits per heavy atom. The number of nitrogens with zero attached hydrogens (tertiary/aromatic N) is 1. The maximum Gasteiger partial charge on any atom is 0.225 e. The van der Waals surface area contributed by atoms with Gasteiger partial charge in [0, 0.05) is 31.1 Å². The molecule has 0 spiro atoms. The zero-order valence-electron chi connectivity index (χ0n) is 13.0. The van der Waals surface area contributed by atoms with E-state index in [1.54, 1.807) is 7.11 Å². The second-order valence-electron chi connectivity index (χ2n) is 5.58. The SMILES string of the molecule is COc1ccccc1CN(C)C(=O)[C@H]1CCN[C@@H](C)C1.Cl. The molecule has 21 heavy (non-hydrogen) atoms. The van der Waals surface area contributed by atoms with Crippen molar-refractivity contribution in [3.8, 4) is 5.75 Å². The van der Waals surface area contributed by atoms with E-state index in [9.17, 15) is 4.79 Å². The number of carbonyl (C=O) groups is 1. The summed E-state index contributed by atoms with van der Waals surface area (Å²) in [7, 11) is 3.54. The Morgan fingerprint density at radius 1 is 1.43 bits per heavy atom. The van der Waals surface area contributed by atoms with Gasteiger partial charge in [0.1, 0.15) is 5.75 Å². The highest BCUT2D eigenvalue weighted by atomic mass is 35.5. The molecule has 0 bridgehead atoms. The van der Waals surface area contributed by atoms with Crippen molar-refractivity contribution in [3.63, 3.8) is 0 Å². The summed E-state index contributed by atoms with van der Waals surface area (Å²) in [6.07, 6.45) is 1.86. The van der Waals surface area contributed by atoms with E-state index >= 15 is 0 Å². The Morgan fingerprint density at radius 3 is 2.81 bits per heavy atom. The van der Waals surface area contributed by atoms with E-state index in [-0.39, 0.29) is 24.2 Å². The second-order valence-corrected chi connectivity index (χ2v) is 5.58. The number of hydrogen-bond donors (Lipinski definition) is 1. The molecular weight excluding hydrogens is 288 g/mol. The van der Waals surface area contributed by atoms with Gasteiger partial charge in [0.05, 0.1) is 7.11 Å². The second kappa shape index (κ2) is 8.25. The minimum Gasteiger partial charge on any atom is -0.496 e. The first-order valence-electron chi connectivity index (χ1n) is 7.22. The highest BCUT2D eigenvalue weighted by molar-refractivity contribution is 5.85. The van der Waals surface area contributed by atoms with E-state index in [1.165, 1.54) is 0 Å². The van der Waals surface area contributed by atoms with Gasteiger partial charge in [-0.25, -0.2) is 0 Å². The molecule has 1 N–H and O–H groups in total. The van der Waals surface area contributed by atoms with Gasteiger partial charge in [0.2, 0.25) is 5.91 Å². The lowest BCUT2D eigenvalue weighted by molar-refractivity contribution is -0.135. The Bertz CT molecular complexity index is 467. The summed E-state index contributed by atoms with van der Waals surface area (Å²) in [4.78, 5) is 14.3. The van der Waals surface area contributed by atoms with E-state index in [1.807, 2.05) is 36.2 Å². The van der Waals surface area contributed by atoms with Crippen LogP contribution in [0.5, 0.6) is 5.75 Å². The number of para-hydroxylation sites is 1. The zero-order chi connectivity index (χ0) is 14.5. The first kappa shape index (κ1) is 17.8. The number of amides is 1. The van der Waals surface area contributed by atoms with Crippen LogP contribution in [-0.2, 0) is 11.3 Å². The lowest BCUT2D eigenvalue weighted by Gasteiger charge is -2.30. The average Bonchev–Trinajstić information content (AvgIpc) is 2.47. The first-order chi connectivity index (χ1) is 9.61. The fraction of sp³-hybridized carbons (Fsp3) is 0.562. The molecular formula is C16H25ClN2O2. The molecule has 2 atom stereocenters. The lowest BCUT2D eigenvalue weighted by atomic mass is 9.92. The number of carbonyl (C=O) groups excluding carboxylic acids is 1. The molecule has 4 nitrogen and oxygen atoms in total. The third-order valence-electron chi connectivity index (χ3n) is 3.95. The quantitative estimate of drug-likeness (QED) is 0.928. The fourth-order valence-corrected chi connectivity index (χ4v) is 2.83. The van der Waals surface area contributed by atoms with Crippen LogP contribution in [0.2, 0.25) is 0 Å². The summed E-state index contributed by atoms with van der Waals surface area (Å²) in [5, 5.41) is 3.38. The molecule has 1 amide bonds. The van der Waals surface area contributed by atoms with Crippen LogP contribution in [-0.4, -0.2) is 37.6 Å². The van der Waals surface area contributed by atoms with Crippen LogP contribution in [0, 0.1) is 5.92 Å². The maximum absolute atomic E-state index is 12.5. The van der Waals surface area contributed by atoms with E-state index in [0.29, 0.717) is 12.6 Å². The van der Waals surface area contributed by atoms with E-state index < -0.39 is 0 Å². The summed E-state index contributed by atoms with van der Waals surface area (Å²) in [6, 6.07) is 8.28. The fourth-order valence-electron chi connectivity index (χ4n) is 2.83. The number of halogens is 1. The van der Waals surface area contributed by atoms with Crippen molar-refractivity contribution in [1.29, 1.82) is 0 Å². The Balaban J connectivity index is 0.00000220.